The van der Waals surface area contributed by atoms with Gasteiger partial charge in [-0.15, -0.1) is 0 Å². The van der Waals surface area contributed by atoms with Crippen molar-refractivity contribution in [2.45, 2.75) is 32.1 Å². The first-order chi connectivity index (χ1) is 8.31. The molecule has 0 radical (unpaired) electrons. The van der Waals surface area contributed by atoms with Crippen molar-refractivity contribution >= 4 is 27.7 Å². The lowest BCUT2D eigenvalue weighted by atomic mass is 10.1. The van der Waals surface area contributed by atoms with E-state index in [2.05, 4.69) is 36.2 Å². The van der Waals surface area contributed by atoms with Gasteiger partial charge in [0, 0.05) is 19.3 Å². The molecule has 1 aromatic heterocycles. The number of aromatic nitrogens is 2. The minimum Gasteiger partial charge on any atom is -0.356 e. The zero-order valence-electron chi connectivity index (χ0n) is 9.82. The van der Waals surface area contributed by atoms with E-state index in [4.69, 9.17) is 5.84 Å². The maximum Gasteiger partial charge on any atom is 0.239 e. The lowest BCUT2D eigenvalue weighted by Crippen LogP contribution is -2.28. The fourth-order valence-corrected chi connectivity index (χ4v) is 2.55. The van der Waals surface area contributed by atoms with Gasteiger partial charge in [-0.1, -0.05) is 19.3 Å². The molecule has 5 nitrogen and oxygen atoms in total. The number of nitrogens with two attached hydrogens (primary N) is 1. The van der Waals surface area contributed by atoms with E-state index in [1.165, 1.54) is 32.1 Å². The van der Waals surface area contributed by atoms with Gasteiger partial charge in [0.1, 0.15) is 5.82 Å². The Labute approximate surface area is 110 Å². The highest BCUT2D eigenvalue weighted by atomic mass is 79.9. The summed E-state index contributed by atoms with van der Waals surface area (Å²) in [6, 6.07) is 0. The van der Waals surface area contributed by atoms with Gasteiger partial charge in [-0.05, 0) is 28.8 Å². The maximum absolute atomic E-state index is 5.35. The van der Waals surface area contributed by atoms with Crippen molar-refractivity contribution < 1.29 is 0 Å². The lowest BCUT2D eigenvalue weighted by molar-refractivity contribution is 0.553. The van der Waals surface area contributed by atoms with E-state index in [9.17, 15) is 0 Å². The van der Waals surface area contributed by atoms with Gasteiger partial charge in [0.2, 0.25) is 5.95 Å². The van der Waals surface area contributed by atoms with Crippen molar-refractivity contribution in [1.29, 1.82) is 0 Å². The van der Waals surface area contributed by atoms with E-state index in [-0.39, 0.29) is 0 Å². The first kappa shape index (κ1) is 12.6. The van der Waals surface area contributed by atoms with Crippen molar-refractivity contribution in [3.63, 3.8) is 0 Å². The van der Waals surface area contributed by atoms with Gasteiger partial charge < -0.3 is 4.90 Å². The predicted octanol–water partition coefficient (Wildman–Crippen LogP) is 2.30. The molecule has 0 spiro atoms. The minimum atomic E-state index is 0.463. The number of rotatable bonds is 2. The van der Waals surface area contributed by atoms with E-state index in [0.29, 0.717) is 5.95 Å². The Balaban J connectivity index is 2.17. The quantitative estimate of drug-likeness (QED) is 0.648. The molecule has 1 saturated heterocycles. The van der Waals surface area contributed by atoms with E-state index >= 15 is 0 Å². The van der Waals surface area contributed by atoms with Crippen LogP contribution >= 0.6 is 15.9 Å². The van der Waals surface area contributed by atoms with Crippen molar-refractivity contribution in [2.24, 2.45) is 5.84 Å². The third kappa shape index (κ3) is 3.29. The van der Waals surface area contributed by atoms with E-state index in [1.807, 2.05) is 0 Å². The average Bonchev–Trinajstić information content (AvgIpc) is 2.30. The molecule has 2 heterocycles. The number of hydrazine groups is 1. The van der Waals surface area contributed by atoms with Gasteiger partial charge in [-0.2, -0.15) is 4.98 Å². The molecule has 0 amide bonds. The third-order valence-electron chi connectivity index (χ3n) is 3.01. The number of hydrogen-bond acceptors (Lipinski definition) is 5. The summed E-state index contributed by atoms with van der Waals surface area (Å²) in [6.45, 7) is 2.11. The number of nitrogens with zero attached hydrogens (tertiary/aromatic N) is 3. The molecule has 1 aromatic rings. The Morgan fingerprint density at radius 3 is 2.47 bits per heavy atom. The van der Waals surface area contributed by atoms with Gasteiger partial charge in [0.15, 0.2) is 0 Å². The fraction of sp³-hybridized carbons (Fsp3) is 0.636. The summed E-state index contributed by atoms with van der Waals surface area (Å²) in [6.07, 6.45) is 8.16. The van der Waals surface area contributed by atoms with Crippen LogP contribution in [0.1, 0.15) is 32.1 Å². The number of anilines is 2. The third-order valence-corrected chi connectivity index (χ3v) is 3.57. The molecule has 1 aliphatic rings. The molecule has 3 N–H and O–H groups in total. The molecule has 0 atom stereocenters. The first-order valence-corrected chi connectivity index (χ1v) is 6.84. The van der Waals surface area contributed by atoms with Crippen molar-refractivity contribution in [3.8, 4) is 0 Å². The summed E-state index contributed by atoms with van der Waals surface area (Å²) >= 11 is 3.50. The SMILES string of the molecule is NNc1ncc(Br)c(N2CCCCCCC2)n1. The largest absolute Gasteiger partial charge is 0.356 e. The van der Waals surface area contributed by atoms with Crippen LogP contribution in [0.3, 0.4) is 0 Å². The number of halogens is 1. The molecule has 1 fully saturated rings. The summed E-state index contributed by atoms with van der Waals surface area (Å²) < 4.78 is 0.928. The number of nitrogen functional groups attached to an aromatic ring is 1. The molecule has 0 unspecified atom stereocenters. The molecule has 17 heavy (non-hydrogen) atoms. The molecule has 1 aliphatic heterocycles. The monoisotopic (exact) mass is 299 g/mol. The summed E-state index contributed by atoms with van der Waals surface area (Å²) in [5.74, 6) is 6.75. The molecular formula is C11H18BrN5. The molecule has 2 rings (SSSR count). The van der Waals surface area contributed by atoms with E-state index in [0.717, 1.165) is 23.4 Å². The van der Waals surface area contributed by atoms with Gasteiger partial charge >= 0.3 is 0 Å². The molecule has 94 valence electrons. The first-order valence-electron chi connectivity index (χ1n) is 6.05. The van der Waals surface area contributed by atoms with Crippen LogP contribution < -0.4 is 16.2 Å². The fourth-order valence-electron chi connectivity index (χ4n) is 2.11. The summed E-state index contributed by atoms with van der Waals surface area (Å²) in [7, 11) is 0. The smallest absolute Gasteiger partial charge is 0.239 e. The summed E-state index contributed by atoms with van der Waals surface area (Å²) in [5.41, 5.74) is 2.49. The Hall–Kier alpha value is -0.880. The van der Waals surface area contributed by atoms with Gasteiger partial charge in [0.05, 0.1) is 4.47 Å². The minimum absolute atomic E-state index is 0.463. The number of hydrogen-bond donors (Lipinski definition) is 2. The highest BCUT2D eigenvalue weighted by molar-refractivity contribution is 9.10. The van der Waals surface area contributed by atoms with E-state index < -0.39 is 0 Å². The average molecular weight is 300 g/mol. The van der Waals surface area contributed by atoms with E-state index in [1.54, 1.807) is 6.20 Å². The second kappa shape index (κ2) is 6.16. The molecule has 0 saturated carbocycles. The Bertz CT molecular complexity index is 363. The Morgan fingerprint density at radius 2 is 1.82 bits per heavy atom. The topological polar surface area (TPSA) is 67.1 Å². The normalized spacial score (nSPS) is 17.4. The highest BCUT2D eigenvalue weighted by Gasteiger charge is 2.14. The highest BCUT2D eigenvalue weighted by Crippen LogP contribution is 2.26. The van der Waals surface area contributed by atoms with Crippen LogP contribution in [-0.2, 0) is 0 Å². The van der Waals surface area contributed by atoms with Crippen molar-refractivity contribution in [1.82, 2.24) is 9.97 Å². The second-order valence-electron chi connectivity index (χ2n) is 4.26. The van der Waals surface area contributed by atoms with Crippen LogP contribution in [0.2, 0.25) is 0 Å². The zero-order valence-corrected chi connectivity index (χ0v) is 11.4. The summed E-state index contributed by atoms with van der Waals surface area (Å²) in [4.78, 5) is 10.8. The van der Waals surface area contributed by atoms with Crippen LogP contribution in [0, 0.1) is 0 Å². The van der Waals surface area contributed by atoms with Crippen LogP contribution in [0.25, 0.3) is 0 Å². The van der Waals surface area contributed by atoms with Gasteiger partial charge in [-0.3, -0.25) is 5.43 Å². The summed E-state index contributed by atoms with van der Waals surface area (Å²) in [5, 5.41) is 0. The zero-order chi connectivity index (χ0) is 12.1. The lowest BCUT2D eigenvalue weighted by Gasteiger charge is -2.26. The van der Waals surface area contributed by atoms with Gasteiger partial charge in [-0.25, -0.2) is 10.8 Å². The molecule has 0 aromatic carbocycles. The van der Waals surface area contributed by atoms with Crippen molar-refractivity contribution in [3.05, 3.63) is 10.7 Å². The maximum atomic E-state index is 5.35. The number of nitrogens with one attached hydrogen (secondary N) is 1. The van der Waals surface area contributed by atoms with Crippen LogP contribution in [0.15, 0.2) is 10.7 Å². The molecule has 0 bridgehead atoms. The van der Waals surface area contributed by atoms with Crippen LogP contribution in [-0.4, -0.2) is 23.1 Å². The molecular weight excluding hydrogens is 282 g/mol. The molecule has 0 aliphatic carbocycles. The predicted molar refractivity (Wildman–Crippen MR) is 72.8 cm³/mol. The molecule has 6 heteroatoms. The van der Waals surface area contributed by atoms with Crippen LogP contribution in [0.4, 0.5) is 11.8 Å². The Morgan fingerprint density at radius 1 is 1.18 bits per heavy atom. The van der Waals surface area contributed by atoms with Crippen molar-refractivity contribution in [2.75, 3.05) is 23.4 Å². The standard InChI is InChI=1S/C11H18BrN5/c12-9-8-14-11(16-13)15-10(9)17-6-4-2-1-3-5-7-17/h8H,1-7,13H2,(H,14,15,16). The second-order valence-corrected chi connectivity index (χ2v) is 5.12. The van der Waals surface area contributed by atoms with Crippen LogP contribution in [0.5, 0.6) is 0 Å². The Kier molecular flexibility index (Phi) is 4.56. The van der Waals surface area contributed by atoms with Gasteiger partial charge in [0.25, 0.3) is 0 Å².